The lowest BCUT2D eigenvalue weighted by Crippen LogP contribution is -2.56. The third-order valence-corrected chi connectivity index (χ3v) is 7.17. The number of rotatable bonds is 13. The van der Waals surface area contributed by atoms with E-state index < -0.39 is 18.2 Å². The monoisotopic (exact) mass is 638 g/mol. The van der Waals surface area contributed by atoms with Gasteiger partial charge in [-0.3, -0.25) is 9.59 Å². The van der Waals surface area contributed by atoms with Crippen molar-refractivity contribution >= 4 is 34.4 Å². The number of methoxy groups -OCH3 is 1. The van der Waals surface area contributed by atoms with E-state index in [0.29, 0.717) is 30.1 Å². The first-order valence-electron chi connectivity index (χ1n) is 12.6. The highest BCUT2D eigenvalue weighted by Gasteiger charge is 2.40. The molecule has 0 saturated heterocycles. The van der Waals surface area contributed by atoms with Crippen LogP contribution in [0, 0.1) is 3.57 Å². The molecule has 0 fully saturated rings. The maximum atomic E-state index is 13.4. The van der Waals surface area contributed by atoms with Crippen LogP contribution in [0.15, 0.2) is 60.2 Å². The van der Waals surface area contributed by atoms with Crippen molar-refractivity contribution in [1.82, 2.24) is 10.2 Å². The van der Waals surface area contributed by atoms with Gasteiger partial charge in [-0.15, -0.1) is 0 Å². The summed E-state index contributed by atoms with van der Waals surface area (Å²) in [4.78, 5) is 27.9. The van der Waals surface area contributed by atoms with Gasteiger partial charge in [0.05, 0.1) is 23.3 Å². The number of carbonyl (C=O) groups excluding carboxylic acids is 2. The molecule has 9 nitrogen and oxygen atoms in total. The molecule has 2 aromatic rings. The molecule has 2 aromatic carbocycles. The number of ether oxygens (including phenoxy) is 3. The number of amides is 2. The van der Waals surface area contributed by atoms with Crippen molar-refractivity contribution in [3.05, 3.63) is 69.3 Å². The van der Waals surface area contributed by atoms with Gasteiger partial charge in [-0.25, -0.2) is 0 Å². The summed E-state index contributed by atoms with van der Waals surface area (Å²) in [6.07, 6.45) is 0.205. The molecule has 206 valence electrons. The molecule has 1 aliphatic carbocycles. The van der Waals surface area contributed by atoms with Crippen LogP contribution in [-0.4, -0.2) is 85.2 Å². The normalized spacial score (nSPS) is 18.9. The Labute approximate surface area is 236 Å². The fraction of sp³-hybridized carbons (Fsp3) is 0.429. The molecule has 10 heteroatoms. The highest BCUT2D eigenvalue weighted by atomic mass is 127. The van der Waals surface area contributed by atoms with Crippen LogP contribution in [0.25, 0.3) is 0 Å². The number of halogens is 1. The van der Waals surface area contributed by atoms with Gasteiger partial charge in [0, 0.05) is 31.7 Å². The van der Waals surface area contributed by atoms with E-state index >= 15 is 0 Å². The van der Waals surface area contributed by atoms with Crippen molar-refractivity contribution < 1.29 is 34.0 Å². The fourth-order valence-electron chi connectivity index (χ4n) is 4.36. The van der Waals surface area contributed by atoms with Gasteiger partial charge < -0.3 is 34.6 Å². The number of para-hydroxylation sites is 2. The van der Waals surface area contributed by atoms with Crippen molar-refractivity contribution in [2.24, 2.45) is 0 Å². The third-order valence-electron chi connectivity index (χ3n) is 6.28. The van der Waals surface area contributed by atoms with Crippen molar-refractivity contribution in [2.75, 3.05) is 40.0 Å². The maximum absolute atomic E-state index is 13.4. The lowest BCUT2D eigenvalue weighted by molar-refractivity contribution is -0.143. The number of aliphatic hydroxyl groups is 2. The number of benzene rings is 2. The SMILES string of the molecule is CCOCC(=O)N(CCc1ccccc1OC)[C@@H]1CC(C(=O)NCCO)=C[C@H](Oc2ccccc2I)[C@H]1O. The van der Waals surface area contributed by atoms with Crippen LogP contribution < -0.4 is 14.8 Å². The molecular weight excluding hydrogens is 603 g/mol. The van der Waals surface area contributed by atoms with Gasteiger partial charge in [-0.05, 0) is 65.8 Å². The van der Waals surface area contributed by atoms with E-state index in [1.165, 1.54) is 0 Å². The Hall–Kier alpha value is -2.67. The predicted molar refractivity (Wildman–Crippen MR) is 151 cm³/mol. The summed E-state index contributed by atoms with van der Waals surface area (Å²) in [7, 11) is 1.59. The van der Waals surface area contributed by atoms with Crippen molar-refractivity contribution in [3.63, 3.8) is 0 Å². The zero-order chi connectivity index (χ0) is 27.5. The zero-order valence-corrected chi connectivity index (χ0v) is 23.8. The molecule has 1 aliphatic rings. The number of hydrogen-bond acceptors (Lipinski definition) is 7. The maximum Gasteiger partial charge on any atom is 0.248 e. The molecule has 0 saturated carbocycles. The molecule has 0 aliphatic heterocycles. The summed E-state index contributed by atoms with van der Waals surface area (Å²) in [5.41, 5.74) is 1.29. The minimum Gasteiger partial charge on any atom is -0.496 e. The van der Waals surface area contributed by atoms with Gasteiger partial charge >= 0.3 is 0 Å². The van der Waals surface area contributed by atoms with E-state index in [1.54, 1.807) is 31.1 Å². The topological polar surface area (TPSA) is 118 Å². The number of hydrogen-bond donors (Lipinski definition) is 3. The molecule has 3 atom stereocenters. The summed E-state index contributed by atoms with van der Waals surface area (Å²) >= 11 is 2.14. The van der Waals surface area contributed by atoms with E-state index in [4.69, 9.17) is 14.2 Å². The van der Waals surface area contributed by atoms with Gasteiger partial charge in [-0.1, -0.05) is 30.3 Å². The molecule has 0 spiro atoms. The minimum atomic E-state index is -1.11. The average Bonchev–Trinajstić information content (AvgIpc) is 2.93. The molecule has 0 radical (unpaired) electrons. The molecule has 0 unspecified atom stereocenters. The molecular formula is C28H35IN2O7. The number of nitrogens with zero attached hydrogens (tertiary/aromatic N) is 1. The fourth-order valence-corrected chi connectivity index (χ4v) is 4.88. The average molecular weight is 638 g/mol. The van der Waals surface area contributed by atoms with Gasteiger partial charge in [0.2, 0.25) is 11.8 Å². The molecule has 3 N–H and O–H groups in total. The highest BCUT2D eigenvalue weighted by Crippen LogP contribution is 2.30. The summed E-state index contributed by atoms with van der Waals surface area (Å²) in [5, 5.41) is 23.3. The second-order valence-electron chi connectivity index (χ2n) is 8.73. The van der Waals surface area contributed by atoms with E-state index in [2.05, 4.69) is 27.9 Å². The van der Waals surface area contributed by atoms with Crippen LogP contribution in [-0.2, 0) is 20.7 Å². The first-order chi connectivity index (χ1) is 18.4. The van der Waals surface area contributed by atoms with Crippen LogP contribution in [0.4, 0.5) is 0 Å². The largest absolute Gasteiger partial charge is 0.496 e. The molecule has 0 heterocycles. The summed E-state index contributed by atoms with van der Waals surface area (Å²) in [6, 6.07) is 14.2. The first-order valence-corrected chi connectivity index (χ1v) is 13.7. The Kier molecular flexibility index (Phi) is 11.8. The molecule has 3 rings (SSSR count). The van der Waals surface area contributed by atoms with Crippen molar-refractivity contribution in [1.29, 1.82) is 0 Å². The Morgan fingerprint density at radius 1 is 1.13 bits per heavy atom. The molecule has 0 aromatic heterocycles. The Morgan fingerprint density at radius 3 is 2.53 bits per heavy atom. The minimum absolute atomic E-state index is 0.0896. The molecule has 2 amide bonds. The summed E-state index contributed by atoms with van der Waals surface area (Å²) in [6.45, 7) is 2.18. The second kappa shape index (κ2) is 15.1. The quantitative estimate of drug-likeness (QED) is 0.289. The van der Waals surface area contributed by atoms with Gasteiger partial charge in [0.15, 0.2) is 0 Å². The smallest absolute Gasteiger partial charge is 0.248 e. The lowest BCUT2D eigenvalue weighted by atomic mass is 9.88. The van der Waals surface area contributed by atoms with E-state index in [-0.39, 0.29) is 44.5 Å². The second-order valence-corrected chi connectivity index (χ2v) is 9.89. The van der Waals surface area contributed by atoms with Crippen LogP contribution in [0.5, 0.6) is 11.5 Å². The molecule has 38 heavy (non-hydrogen) atoms. The van der Waals surface area contributed by atoms with E-state index in [0.717, 1.165) is 9.13 Å². The van der Waals surface area contributed by atoms with E-state index in [9.17, 15) is 19.8 Å². The van der Waals surface area contributed by atoms with Crippen molar-refractivity contribution in [3.8, 4) is 11.5 Å². The predicted octanol–water partition coefficient (Wildman–Crippen LogP) is 2.32. The van der Waals surface area contributed by atoms with Crippen LogP contribution in [0.3, 0.4) is 0 Å². The van der Waals surface area contributed by atoms with Gasteiger partial charge in [-0.2, -0.15) is 0 Å². The van der Waals surface area contributed by atoms with Crippen LogP contribution in [0.1, 0.15) is 18.9 Å². The first kappa shape index (κ1) is 29.9. The number of carbonyl (C=O) groups is 2. The summed E-state index contributed by atoms with van der Waals surface area (Å²) in [5.74, 6) is 0.591. The summed E-state index contributed by atoms with van der Waals surface area (Å²) < 4.78 is 17.9. The van der Waals surface area contributed by atoms with E-state index in [1.807, 2.05) is 42.5 Å². The number of aliphatic hydroxyl groups excluding tert-OH is 2. The Balaban J connectivity index is 1.93. The Morgan fingerprint density at radius 2 is 1.84 bits per heavy atom. The van der Waals surface area contributed by atoms with Crippen LogP contribution in [0.2, 0.25) is 0 Å². The lowest BCUT2D eigenvalue weighted by Gasteiger charge is -2.40. The van der Waals surface area contributed by atoms with Crippen molar-refractivity contribution in [2.45, 2.75) is 38.0 Å². The standard InChI is InChI=1S/C28H35IN2O7/c1-3-37-18-26(33)31(14-12-19-8-4-6-10-23(19)36-2)22-16-20(28(35)30-13-15-32)17-25(27(22)34)38-24-11-7-5-9-21(24)29/h4-11,17,22,25,27,32,34H,3,12-16,18H2,1-2H3,(H,30,35)/t22-,25+,27+/m1/s1. The number of nitrogens with one attached hydrogen (secondary N) is 1. The zero-order valence-electron chi connectivity index (χ0n) is 21.6. The molecule has 0 bridgehead atoms. The van der Waals surface area contributed by atoms with Gasteiger partial charge in [0.1, 0.15) is 30.3 Å². The van der Waals surface area contributed by atoms with Gasteiger partial charge in [0.25, 0.3) is 0 Å². The highest BCUT2D eigenvalue weighted by molar-refractivity contribution is 14.1. The Bertz CT molecular complexity index is 1110. The third kappa shape index (κ3) is 7.92. The van der Waals surface area contributed by atoms with Crippen LogP contribution >= 0.6 is 22.6 Å².